The van der Waals surface area contributed by atoms with Crippen molar-refractivity contribution in [2.75, 3.05) is 6.54 Å². The molecule has 0 unspecified atom stereocenters. The lowest BCUT2D eigenvalue weighted by atomic mass is 10.1. The number of nitrogens with zero attached hydrogens (tertiary/aromatic N) is 2. The van der Waals surface area contributed by atoms with Crippen molar-refractivity contribution in [1.29, 1.82) is 0 Å². The smallest absolute Gasteiger partial charge is 0.191 e. The third kappa shape index (κ3) is 6.09. The standard InChI is InChI=1S/C21H25N5.HI/c1-3-22-21(24-13-18-12-8-7-9-16(18)2)25-15-20-23-14-19(26-20)17-10-5-4-6-11-17;/h4-12,14H,3,13,15H2,1-2H3,(H,23,26)(H2,22,24,25);1H. The highest BCUT2D eigenvalue weighted by Crippen LogP contribution is 2.15. The number of hydrogen-bond acceptors (Lipinski definition) is 2. The third-order valence-corrected chi connectivity index (χ3v) is 4.15. The summed E-state index contributed by atoms with van der Waals surface area (Å²) in [7, 11) is 0. The van der Waals surface area contributed by atoms with Crippen molar-refractivity contribution in [3.63, 3.8) is 0 Å². The largest absolute Gasteiger partial charge is 0.357 e. The number of aliphatic imine (C=N–C) groups is 1. The number of imidazole rings is 1. The van der Waals surface area contributed by atoms with Crippen molar-refractivity contribution < 1.29 is 0 Å². The number of H-pyrrole nitrogens is 1. The van der Waals surface area contributed by atoms with Crippen molar-refractivity contribution in [2.45, 2.75) is 26.9 Å². The Hall–Kier alpha value is -2.35. The number of aromatic nitrogens is 2. The van der Waals surface area contributed by atoms with E-state index in [0.29, 0.717) is 13.1 Å². The van der Waals surface area contributed by atoms with Crippen LogP contribution < -0.4 is 10.6 Å². The predicted octanol–water partition coefficient (Wildman–Crippen LogP) is 4.26. The van der Waals surface area contributed by atoms with E-state index >= 15 is 0 Å². The molecule has 1 aromatic heterocycles. The summed E-state index contributed by atoms with van der Waals surface area (Å²) in [5.74, 6) is 1.67. The highest BCUT2D eigenvalue weighted by atomic mass is 127. The van der Waals surface area contributed by atoms with Crippen LogP contribution in [0.15, 0.2) is 65.8 Å². The van der Waals surface area contributed by atoms with Gasteiger partial charge in [0.25, 0.3) is 0 Å². The molecule has 5 nitrogen and oxygen atoms in total. The van der Waals surface area contributed by atoms with Gasteiger partial charge in [0.15, 0.2) is 5.96 Å². The van der Waals surface area contributed by atoms with Crippen molar-refractivity contribution in [1.82, 2.24) is 20.6 Å². The van der Waals surface area contributed by atoms with Crippen LogP contribution in [0.1, 0.15) is 23.9 Å². The van der Waals surface area contributed by atoms with Gasteiger partial charge in [-0.3, -0.25) is 0 Å². The Labute approximate surface area is 177 Å². The molecule has 0 radical (unpaired) electrons. The number of rotatable bonds is 6. The minimum atomic E-state index is 0. The van der Waals surface area contributed by atoms with Gasteiger partial charge in [0, 0.05) is 6.54 Å². The Bertz CT molecular complexity index is 858. The van der Waals surface area contributed by atoms with E-state index in [1.54, 1.807) is 0 Å². The molecule has 27 heavy (non-hydrogen) atoms. The van der Waals surface area contributed by atoms with E-state index in [2.05, 4.69) is 63.7 Å². The van der Waals surface area contributed by atoms with Gasteiger partial charge in [-0.1, -0.05) is 54.6 Å². The summed E-state index contributed by atoms with van der Waals surface area (Å²) in [6, 6.07) is 18.5. The maximum atomic E-state index is 4.68. The normalized spacial score (nSPS) is 11.0. The first-order chi connectivity index (χ1) is 12.8. The number of aromatic amines is 1. The van der Waals surface area contributed by atoms with Crippen LogP contribution in [0.25, 0.3) is 11.3 Å². The molecule has 1 heterocycles. The summed E-state index contributed by atoms with van der Waals surface area (Å²) in [6.45, 7) is 6.22. The maximum absolute atomic E-state index is 4.68. The minimum Gasteiger partial charge on any atom is -0.357 e. The van der Waals surface area contributed by atoms with Gasteiger partial charge in [0.05, 0.1) is 25.0 Å². The molecule has 0 aliphatic rings. The van der Waals surface area contributed by atoms with E-state index in [4.69, 9.17) is 0 Å². The summed E-state index contributed by atoms with van der Waals surface area (Å²) in [5.41, 5.74) is 4.63. The van der Waals surface area contributed by atoms with Gasteiger partial charge in [0.1, 0.15) is 5.82 Å². The number of aryl methyl sites for hydroxylation is 1. The molecule has 2 aromatic carbocycles. The fourth-order valence-corrected chi connectivity index (χ4v) is 2.68. The number of halogens is 1. The van der Waals surface area contributed by atoms with Crippen LogP contribution in [0.2, 0.25) is 0 Å². The quantitative estimate of drug-likeness (QED) is 0.284. The fourth-order valence-electron chi connectivity index (χ4n) is 2.68. The van der Waals surface area contributed by atoms with E-state index in [-0.39, 0.29) is 24.0 Å². The fraction of sp³-hybridized carbons (Fsp3) is 0.238. The number of nitrogens with one attached hydrogen (secondary N) is 3. The molecule has 0 aliphatic carbocycles. The second kappa shape index (κ2) is 10.7. The van der Waals surface area contributed by atoms with Gasteiger partial charge < -0.3 is 15.6 Å². The first-order valence-corrected chi connectivity index (χ1v) is 8.92. The minimum absolute atomic E-state index is 0. The summed E-state index contributed by atoms with van der Waals surface area (Å²) in [4.78, 5) is 12.5. The lowest BCUT2D eigenvalue weighted by Gasteiger charge is -2.11. The molecule has 3 aromatic rings. The molecule has 3 N–H and O–H groups in total. The molecule has 0 bridgehead atoms. The van der Waals surface area contributed by atoms with E-state index in [0.717, 1.165) is 29.6 Å². The SMILES string of the molecule is CCNC(=NCc1ccccc1C)NCc1ncc(-c2ccccc2)[nH]1.I. The molecule has 0 fully saturated rings. The zero-order valence-corrected chi connectivity index (χ0v) is 18.0. The maximum Gasteiger partial charge on any atom is 0.191 e. The van der Waals surface area contributed by atoms with E-state index in [1.807, 2.05) is 36.5 Å². The molecule has 0 spiro atoms. The lowest BCUT2D eigenvalue weighted by molar-refractivity contribution is 0.785. The third-order valence-electron chi connectivity index (χ3n) is 4.15. The molecule has 0 atom stereocenters. The topological polar surface area (TPSA) is 65.1 Å². The van der Waals surface area contributed by atoms with Gasteiger partial charge in [-0.2, -0.15) is 0 Å². The van der Waals surface area contributed by atoms with Crippen LogP contribution in [-0.2, 0) is 13.1 Å². The van der Waals surface area contributed by atoms with E-state index < -0.39 is 0 Å². The van der Waals surface area contributed by atoms with Gasteiger partial charge in [-0.05, 0) is 30.5 Å². The van der Waals surface area contributed by atoms with Crippen molar-refractivity contribution in [3.05, 3.63) is 77.7 Å². The summed E-state index contributed by atoms with van der Waals surface area (Å²) in [5, 5.41) is 6.61. The number of benzene rings is 2. The molecule has 142 valence electrons. The van der Waals surface area contributed by atoms with E-state index in [9.17, 15) is 0 Å². The number of guanidine groups is 1. The number of hydrogen-bond donors (Lipinski definition) is 3. The van der Waals surface area contributed by atoms with Gasteiger partial charge in [-0.15, -0.1) is 24.0 Å². The average molecular weight is 475 g/mol. The zero-order chi connectivity index (χ0) is 18.2. The predicted molar refractivity (Wildman–Crippen MR) is 122 cm³/mol. The van der Waals surface area contributed by atoms with Crippen molar-refractivity contribution in [3.8, 4) is 11.3 Å². The Kier molecular flexibility index (Phi) is 8.32. The highest BCUT2D eigenvalue weighted by Gasteiger charge is 2.04. The highest BCUT2D eigenvalue weighted by molar-refractivity contribution is 14.0. The first kappa shape index (κ1) is 21.0. The van der Waals surface area contributed by atoms with Crippen LogP contribution >= 0.6 is 24.0 Å². The molecule has 0 amide bonds. The Balaban J connectivity index is 0.00000261. The molecular weight excluding hydrogens is 449 g/mol. The summed E-state index contributed by atoms with van der Waals surface area (Å²) < 4.78 is 0. The van der Waals surface area contributed by atoms with Crippen LogP contribution in [0.3, 0.4) is 0 Å². The second-order valence-corrected chi connectivity index (χ2v) is 6.08. The van der Waals surface area contributed by atoms with Crippen LogP contribution in [-0.4, -0.2) is 22.5 Å². The first-order valence-electron chi connectivity index (χ1n) is 8.92. The van der Waals surface area contributed by atoms with Crippen LogP contribution in [0, 0.1) is 6.92 Å². The van der Waals surface area contributed by atoms with Crippen molar-refractivity contribution >= 4 is 29.9 Å². The average Bonchev–Trinajstić information content (AvgIpc) is 3.15. The van der Waals surface area contributed by atoms with Gasteiger partial charge in [-0.25, -0.2) is 9.98 Å². The van der Waals surface area contributed by atoms with E-state index in [1.165, 1.54) is 11.1 Å². The van der Waals surface area contributed by atoms with Crippen LogP contribution in [0.5, 0.6) is 0 Å². The van der Waals surface area contributed by atoms with Crippen LogP contribution in [0.4, 0.5) is 0 Å². The molecule has 3 rings (SSSR count). The second-order valence-electron chi connectivity index (χ2n) is 6.08. The Morgan fingerprint density at radius 3 is 2.52 bits per heavy atom. The Morgan fingerprint density at radius 2 is 1.78 bits per heavy atom. The molecule has 6 heteroatoms. The molecule has 0 saturated heterocycles. The van der Waals surface area contributed by atoms with Gasteiger partial charge >= 0.3 is 0 Å². The summed E-state index contributed by atoms with van der Waals surface area (Å²) >= 11 is 0. The molecule has 0 saturated carbocycles. The zero-order valence-electron chi connectivity index (χ0n) is 15.7. The lowest BCUT2D eigenvalue weighted by Crippen LogP contribution is -2.37. The summed E-state index contributed by atoms with van der Waals surface area (Å²) in [6.07, 6.45) is 1.86. The Morgan fingerprint density at radius 1 is 1.04 bits per heavy atom. The van der Waals surface area contributed by atoms with Crippen molar-refractivity contribution in [2.24, 2.45) is 4.99 Å². The molecular formula is C21H26IN5. The molecule has 0 aliphatic heterocycles. The van der Waals surface area contributed by atoms with Gasteiger partial charge in [0.2, 0.25) is 0 Å². The monoisotopic (exact) mass is 475 g/mol.